The molecule has 1 aromatic carbocycles. The molecule has 104 valence electrons. The maximum absolute atomic E-state index is 11.9. The molecule has 2 rings (SSSR count). The zero-order valence-electron chi connectivity index (χ0n) is 11.4. The molecule has 2 N–H and O–H groups in total. The van der Waals surface area contributed by atoms with Crippen molar-refractivity contribution in [2.24, 2.45) is 0 Å². The van der Waals surface area contributed by atoms with Gasteiger partial charge in [0.1, 0.15) is 6.10 Å². The number of amides is 1. The number of carbonyl (C=O) groups excluding carboxylic acids is 1. The molecule has 0 aliphatic carbocycles. The van der Waals surface area contributed by atoms with Crippen LogP contribution in [0.15, 0.2) is 24.3 Å². The lowest BCUT2D eigenvalue weighted by molar-refractivity contribution is -0.124. The third-order valence-corrected chi connectivity index (χ3v) is 3.23. The summed E-state index contributed by atoms with van der Waals surface area (Å²) in [4.78, 5) is 11.9. The Morgan fingerprint density at radius 2 is 2.05 bits per heavy atom. The first kappa shape index (κ1) is 13.9. The Hall–Kier alpha value is -1.55. The highest BCUT2D eigenvalue weighted by Crippen LogP contribution is 2.17. The molecular formula is C15H22N2O2. The van der Waals surface area contributed by atoms with Crippen LogP contribution in [0.3, 0.4) is 0 Å². The normalized spacial score (nSPS) is 18.3. The van der Waals surface area contributed by atoms with E-state index in [-0.39, 0.29) is 12.0 Å². The van der Waals surface area contributed by atoms with E-state index in [1.807, 2.05) is 24.3 Å². The van der Waals surface area contributed by atoms with Crippen LogP contribution in [0.25, 0.3) is 0 Å². The first-order valence-electron chi connectivity index (χ1n) is 7.06. The minimum Gasteiger partial charge on any atom is -0.385 e. The number of carbonyl (C=O) groups is 1. The summed E-state index contributed by atoms with van der Waals surface area (Å²) < 4.78 is 5.35. The van der Waals surface area contributed by atoms with Crippen LogP contribution in [-0.2, 0) is 9.53 Å². The fourth-order valence-electron chi connectivity index (χ4n) is 2.09. The van der Waals surface area contributed by atoms with E-state index in [4.69, 9.17) is 4.74 Å². The molecule has 0 saturated carbocycles. The summed E-state index contributed by atoms with van der Waals surface area (Å²) in [7, 11) is 0. The van der Waals surface area contributed by atoms with Gasteiger partial charge in [-0.25, -0.2) is 0 Å². The molecule has 0 radical (unpaired) electrons. The van der Waals surface area contributed by atoms with E-state index >= 15 is 0 Å². The molecule has 1 aliphatic rings. The van der Waals surface area contributed by atoms with Crippen molar-refractivity contribution in [1.82, 2.24) is 0 Å². The number of hydrogen-bond donors (Lipinski definition) is 2. The number of benzene rings is 1. The number of rotatable bonds is 6. The lowest BCUT2D eigenvalue weighted by Crippen LogP contribution is -2.26. The molecule has 1 aromatic rings. The molecule has 1 aliphatic heterocycles. The van der Waals surface area contributed by atoms with Gasteiger partial charge < -0.3 is 15.4 Å². The molecule has 0 bridgehead atoms. The highest BCUT2D eigenvalue weighted by Gasteiger charge is 2.23. The number of anilines is 2. The van der Waals surface area contributed by atoms with Crippen molar-refractivity contribution in [2.45, 2.75) is 38.7 Å². The van der Waals surface area contributed by atoms with E-state index in [9.17, 15) is 4.79 Å². The third-order valence-electron chi connectivity index (χ3n) is 3.23. The fourth-order valence-corrected chi connectivity index (χ4v) is 2.09. The largest absolute Gasteiger partial charge is 0.385 e. The highest BCUT2D eigenvalue weighted by molar-refractivity contribution is 5.94. The Bertz CT molecular complexity index is 397. The van der Waals surface area contributed by atoms with Crippen LogP contribution in [0, 0.1) is 0 Å². The molecule has 1 fully saturated rings. The topological polar surface area (TPSA) is 50.4 Å². The summed E-state index contributed by atoms with van der Waals surface area (Å²) in [5, 5.41) is 6.23. The van der Waals surface area contributed by atoms with Gasteiger partial charge in [0.05, 0.1) is 0 Å². The molecule has 1 amide bonds. The van der Waals surface area contributed by atoms with E-state index in [1.54, 1.807) is 0 Å². The van der Waals surface area contributed by atoms with Crippen LogP contribution in [0.5, 0.6) is 0 Å². The number of unbranched alkanes of at least 4 members (excludes halogenated alkanes) is 1. The summed E-state index contributed by atoms with van der Waals surface area (Å²) >= 11 is 0. The summed E-state index contributed by atoms with van der Waals surface area (Å²) in [6.45, 7) is 3.85. The minimum atomic E-state index is -0.276. The number of ether oxygens (including phenoxy) is 1. The van der Waals surface area contributed by atoms with Gasteiger partial charge in [0.25, 0.3) is 5.91 Å². The molecule has 1 saturated heterocycles. The Balaban J connectivity index is 1.82. The Kier molecular flexibility index (Phi) is 5.21. The Morgan fingerprint density at radius 1 is 1.32 bits per heavy atom. The molecule has 4 nitrogen and oxygen atoms in total. The molecule has 19 heavy (non-hydrogen) atoms. The van der Waals surface area contributed by atoms with E-state index in [1.165, 1.54) is 6.42 Å². The lowest BCUT2D eigenvalue weighted by atomic mass is 10.2. The third kappa shape index (κ3) is 4.24. The second-order valence-corrected chi connectivity index (χ2v) is 4.85. The summed E-state index contributed by atoms with van der Waals surface area (Å²) in [5.74, 6) is -0.0378. The van der Waals surface area contributed by atoms with Crippen molar-refractivity contribution < 1.29 is 9.53 Å². The first-order valence-corrected chi connectivity index (χ1v) is 7.06. The van der Waals surface area contributed by atoms with Crippen LogP contribution in [-0.4, -0.2) is 25.2 Å². The first-order chi connectivity index (χ1) is 9.29. The SMILES string of the molecule is CCCCNc1ccc(NC(=O)C2CCCO2)cc1. The number of hydrogen-bond acceptors (Lipinski definition) is 3. The molecule has 0 aromatic heterocycles. The quantitative estimate of drug-likeness (QED) is 0.775. The second kappa shape index (κ2) is 7.14. The maximum Gasteiger partial charge on any atom is 0.253 e. The van der Waals surface area contributed by atoms with Gasteiger partial charge in [0.15, 0.2) is 0 Å². The van der Waals surface area contributed by atoms with Crippen LogP contribution in [0.2, 0.25) is 0 Å². The van der Waals surface area contributed by atoms with Gasteiger partial charge in [-0.15, -0.1) is 0 Å². The number of nitrogens with one attached hydrogen (secondary N) is 2. The second-order valence-electron chi connectivity index (χ2n) is 4.85. The van der Waals surface area contributed by atoms with Crippen LogP contribution < -0.4 is 10.6 Å². The smallest absolute Gasteiger partial charge is 0.253 e. The van der Waals surface area contributed by atoms with Gasteiger partial charge in [-0.05, 0) is 43.5 Å². The van der Waals surface area contributed by atoms with Crippen molar-refractivity contribution in [3.05, 3.63) is 24.3 Å². The van der Waals surface area contributed by atoms with Gasteiger partial charge in [0, 0.05) is 24.5 Å². The average molecular weight is 262 g/mol. The summed E-state index contributed by atoms with van der Waals surface area (Å²) in [6.07, 6.45) is 3.86. The Labute approximate surface area is 114 Å². The molecule has 1 unspecified atom stereocenters. The fraction of sp³-hybridized carbons (Fsp3) is 0.533. The lowest BCUT2D eigenvalue weighted by Gasteiger charge is -2.11. The Morgan fingerprint density at radius 3 is 2.68 bits per heavy atom. The van der Waals surface area contributed by atoms with E-state index in [0.29, 0.717) is 6.61 Å². The summed E-state index contributed by atoms with van der Waals surface area (Å²) in [5.41, 5.74) is 1.91. The van der Waals surface area contributed by atoms with E-state index in [0.717, 1.165) is 37.2 Å². The van der Waals surface area contributed by atoms with Gasteiger partial charge in [0.2, 0.25) is 0 Å². The zero-order chi connectivity index (χ0) is 13.5. The van der Waals surface area contributed by atoms with Crippen LogP contribution >= 0.6 is 0 Å². The van der Waals surface area contributed by atoms with Crippen molar-refractivity contribution in [3.8, 4) is 0 Å². The van der Waals surface area contributed by atoms with Crippen molar-refractivity contribution in [2.75, 3.05) is 23.8 Å². The summed E-state index contributed by atoms with van der Waals surface area (Å²) in [6, 6.07) is 7.81. The van der Waals surface area contributed by atoms with Gasteiger partial charge in [-0.3, -0.25) is 4.79 Å². The van der Waals surface area contributed by atoms with Gasteiger partial charge >= 0.3 is 0 Å². The molecular weight excluding hydrogens is 240 g/mol. The maximum atomic E-state index is 11.9. The predicted octanol–water partition coefficient (Wildman–Crippen LogP) is 3.02. The molecule has 0 spiro atoms. The van der Waals surface area contributed by atoms with Crippen molar-refractivity contribution in [3.63, 3.8) is 0 Å². The van der Waals surface area contributed by atoms with Crippen LogP contribution in [0.1, 0.15) is 32.6 Å². The predicted molar refractivity (Wildman–Crippen MR) is 77.4 cm³/mol. The molecule has 4 heteroatoms. The van der Waals surface area contributed by atoms with E-state index in [2.05, 4.69) is 17.6 Å². The molecule has 1 atom stereocenters. The highest BCUT2D eigenvalue weighted by atomic mass is 16.5. The average Bonchev–Trinajstić information content (AvgIpc) is 2.95. The van der Waals surface area contributed by atoms with Crippen molar-refractivity contribution in [1.29, 1.82) is 0 Å². The van der Waals surface area contributed by atoms with Gasteiger partial charge in [-0.1, -0.05) is 13.3 Å². The van der Waals surface area contributed by atoms with E-state index < -0.39 is 0 Å². The van der Waals surface area contributed by atoms with Gasteiger partial charge in [-0.2, -0.15) is 0 Å². The minimum absolute atomic E-state index is 0.0378. The zero-order valence-corrected chi connectivity index (χ0v) is 11.4. The van der Waals surface area contributed by atoms with Crippen molar-refractivity contribution >= 4 is 17.3 Å². The standard InChI is InChI=1S/C15H22N2O2/c1-2-3-10-16-12-6-8-13(9-7-12)17-15(18)14-5-4-11-19-14/h6-9,14,16H,2-5,10-11H2,1H3,(H,17,18). The van der Waals surface area contributed by atoms with Crippen LogP contribution in [0.4, 0.5) is 11.4 Å². The molecule has 1 heterocycles. The monoisotopic (exact) mass is 262 g/mol.